The van der Waals surface area contributed by atoms with Gasteiger partial charge in [0.2, 0.25) is 0 Å². The van der Waals surface area contributed by atoms with Crippen LogP contribution in [0.25, 0.3) is 5.69 Å². The van der Waals surface area contributed by atoms with E-state index in [2.05, 4.69) is 20.7 Å². The van der Waals surface area contributed by atoms with E-state index in [1.807, 2.05) is 0 Å². The van der Waals surface area contributed by atoms with Gasteiger partial charge in [-0.3, -0.25) is 4.79 Å². The highest BCUT2D eigenvalue weighted by molar-refractivity contribution is 6.05. The zero-order chi connectivity index (χ0) is 31.7. The lowest BCUT2D eigenvalue weighted by Crippen LogP contribution is -2.50. The number of benzene rings is 2. The number of hydrogen-bond donors (Lipinski definition) is 2. The van der Waals surface area contributed by atoms with Crippen LogP contribution in [-0.4, -0.2) is 44.7 Å². The van der Waals surface area contributed by atoms with Crippen molar-refractivity contribution in [3.63, 3.8) is 0 Å². The first-order chi connectivity index (χ1) is 19.3. The standard InChI is InChI=1S/C27H28F7N5O3/c1-6-16-11-19(25(28,26(29,30)31)27(32,33)34)9-15(2)21(16)38-22(40)17-7-8-20(39-14-35-13-37-39)18(10-17)12-36-23(41)42-24(3,4)5/h7-11,13-14H,6,12H2,1-5H3,(H,36,41)(H,38,40). The van der Waals surface area contributed by atoms with Crippen LogP contribution in [0, 0.1) is 6.92 Å². The van der Waals surface area contributed by atoms with Crippen molar-refractivity contribution < 1.29 is 45.1 Å². The summed E-state index contributed by atoms with van der Waals surface area (Å²) in [5.74, 6) is -0.762. The Kier molecular flexibility index (Phi) is 8.94. The van der Waals surface area contributed by atoms with Crippen LogP contribution in [0.15, 0.2) is 43.0 Å². The molecule has 0 spiro atoms. The lowest BCUT2D eigenvalue weighted by molar-refractivity contribution is -0.348. The monoisotopic (exact) mass is 603 g/mol. The minimum Gasteiger partial charge on any atom is -0.444 e. The number of hydrogen-bond acceptors (Lipinski definition) is 5. The summed E-state index contributed by atoms with van der Waals surface area (Å²) in [5, 5.41) is 9.12. The van der Waals surface area contributed by atoms with Crippen LogP contribution in [0.3, 0.4) is 0 Å². The number of carbonyl (C=O) groups excluding carboxylic acids is 2. The van der Waals surface area contributed by atoms with Crippen LogP contribution >= 0.6 is 0 Å². The highest BCUT2D eigenvalue weighted by Crippen LogP contribution is 2.53. The van der Waals surface area contributed by atoms with Crippen LogP contribution in [0.1, 0.15) is 60.3 Å². The lowest BCUT2D eigenvalue weighted by atomic mass is 9.89. The molecule has 0 aliphatic rings. The average Bonchev–Trinajstić information content (AvgIpc) is 3.40. The Morgan fingerprint density at radius 1 is 0.952 bits per heavy atom. The maximum atomic E-state index is 14.7. The summed E-state index contributed by atoms with van der Waals surface area (Å²) < 4.78 is 101. The number of aryl methyl sites for hydroxylation is 2. The van der Waals surface area contributed by atoms with Crippen LogP contribution < -0.4 is 10.6 Å². The number of amides is 2. The molecule has 2 N–H and O–H groups in total. The van der Waals surface area contributed by atoms with Gasteiger partial charge in [-0.05, 0) is 75.1 Å². The fourth-order valence-corrected chi connectivity index (χ4v) is 4.10. The molecule has 2 amide bonds. The normalized spacial score (nSPS) is 12.7. The minimum absolute atomic E-state index is 0.0378. The maximum absolute atomic E-state index is 14.7. The van der Waals surface area contributed by atoms with Crippen molar-refractivity contribution in [1.29, 1.82) is 0 Å². The van der Waals surface area contributed by atoms with E-state index in [0.717, 1.165) is 6.92 Å². The Morgan fingerprint density at radius 3 is 2.12 bits per heavy atom. The number of anilines is 1. The first kappa shape index (κ1) is 32.3. The third-order valence-electron chi connectivity index (χ3n) is 6.04. The van der Waals surface area contributed by atoms with Gasteiger partial charge in [-0.15, -0.1) is 0 Å². The summed E-state index contributed by atoms with van der Waals surface area (Å²) in [6.45, 7) is 7.52. The zero-order valence-electron chi connectivity index (χ0n) is 23.2. The number of ether oxygens (including phenoxy) is 1. The average molecular weight is 604 g/mol. The molecule has 0 radical (unpaired) electrons. The van der Waals surface area contributed by atoms with E-state index in [4.69, 9.17) is 4.74 Å². The number of alkyl halides is 7. The molecule has 228 valence electrons. The Labute approximate surface area is 236 Å². The van der Waals surface area contributed by atoms with Crippen molar-refractivity contribution in [2.24, 2.45) is 0 Å². The van der Waals surface area contributed by atoms with Gasteiger partial charge in [0.05, 0.1) is 5.69 Å². The molecule has 3 rings (SSSR count). The van der Waals surface area contributed by atoms with E-state index in [0.29, 0.717) is 23.4 Å². The summed E-state index contributed by atoms with van der Waals surface area (Å²) in [6, 6.07) is 5.20. The molecule has 0 saturated heterocycles. The van der Waals surface area contributed by atoms with Gasteiger partial charge in [0.25, 0.3) is 5.91 Å². The quantitative estimate of drug-likeness (QED) is 0.293. The van der Waals surface area contributed by atoms with Crippen LogP contribution in [0.2, 0.25) is 0 Å². The lowest BCUT2D eigenvalue weighted by Gasteiger charge is -2.31. The Hall–Kier alpha value is -4.17. The summed E-state index contributed by atoms with van der Waals surface area (Å²) >= 11 is 0. The Balaban J connectivity index is 1.98. The summed E-state index contributed by atoms with van der Waals surface area (Å²) in [6.07, 6.45) is -10.7. The van der Waals surface area contributed by atoms with Gasteiger partial charge >= 0.3 is 24.1 Å². The van der Waals surface area contributed by atoms with Gasteiger partial charge in [0.1, 0.15) is 18.3 Å². The van der Waals surface area contributed by atoms with Gasteiger partial charge in [-0.25, -0.2) is 18.9 Å². The Bertz CT molecular complexity index is 1430. The molecule has 0 bridgehead atoms. The number of halogens is 7. The predicted octanol–water partition coefficient (Wildman–Crippen LogP) is 6.70. The molecule has 1 heterocycles. The number of nitrogens with zero attached hydrogens (tertiary/aromatic N) is 3. The smallest absolute Gasteiger partial charge is 0.435 e. The van der Waals surface area contributed by atoms with Crippen molar-refractivity contribution in [2.75, 3.05) is 5.32 Å². The predicted molar refractivity (Wildman–Crippen MR) is 138 cm³/mol. The SMILES string of the molecule is CCc1cc(C(F)(C(F)(F)F)C(F)(F)F)cc(C)c1NC(=O)c1ccc(-n2cncn2)c(CNC(=O)OC(C)(C)C)c1. The molecule has 0 fully saturated rings. The second-order valence-corrected chi connectivity index (χ2v) is 10.3. The third kappa shape index (κ3) is 6.82. The van der Waals surface area contributed by atoms with E-state index >= 15 is 0 Å². The van der Waals surface area contributed by atoms with E-state index in [-0.39, 0.29) is 35.3 Å². The van der Waals surface area contributed by atoms with Crippen LogP contribution in [-0.2, 0) is 23.4 Å². The number of alkyl carbamates (subject to hydrolysis) is 1. The first-order valence-corrected chi connectivity index (χ1v) is 12.5. The van der Waals surface area contributed by atoms with Gasteiger partial charge in [-0.1, -0.05) is 13.0 Å². The molecule has 0 aliphatic carbocycles. The molecular weight excluding hydrogens is 575 g/mol. The van der Waals surface area contributed by atoms with E-state index in [9.17, 15) is 40.3 Å². The molecule has 2 aromatic carbocycles. The van der Waals surface area contributed by atoms with Gasteiger partial charge in [0.15, 0.2) is 0 Å². The van der Waals surface area contributed by atoms with Crippen molar-refractivity contribution in [1.82, 2.24) is 20.1 Å². The molecule has 1 aromatic heterocycles. The van der Waals surface area contributed by atoms with E-state index < -0.39 is 41.2 Å². The fraction of sp³-hybridized carbons (Fsp3) is 0.407. The maximum Gasteiger partial charge on any atom is 0.435 e. The zero-order valence-corrected chi connectivity index (χ0v) is 23.2. The minimum atomic E-state index is -6.27. The first-order valence-electron chi connectivity index (χ1n) is 12.5. The molecule has 15 heteroatoms. The number of nitrogens with one attached hydrogen (secondary N) is 2. The van der Waals surface area contributed by atoms with Crippen molar-refractivity contribution >= 4 is 17.7 Å². The van der Waals surface area contributed by atoms with Crippen LogP contribution in [0.5, 0.6) is 0 Å². The van der Waals surface area contributed by atoms with Gasteiger partial charge in [-0.2, -0.15) is 31.4 Å². The van der Waals surface area contributed by atoms with Gasteiger partial charge < -0.3 is 15.4 Å². The summed E-state index contributed by atoms with van der Waals surface area (Å²) in [5.41, 5.74) is -7.53. The molecule has 8 nitrogen and oxygen atoms in total. The van der Waals surface area contributed by atoms with Crippen molar-refractivity contribution in [2.45, 2.75) is 71.2 Å². The second-order valence-electron chi connectivity index (χ2n) is 10.3. The summed E-state index contributed by atoms with van der Waals surface area (Å²) in [4.78, 5) is 29.3. The van der Waals surface area contributed by atoms with E-state index in [1.165, 1.54) is 42.5 Å². The Morgan fingerprint density at radius 2 is 1.60 bits per heavy atom. The summed E-state index contributed by atoms with van der Waals surface area (Å²) in [7, 11) is 0. The van der Waals surface area contributed by atoms with Crippen molar-refractivity contribution in [3.8, 4) is 5.69 Å². The molecule has 0 saturated carbocycles. The van der Waals surface area contributed by atoms with Gasteiger partial charge in [0, 0.05) is 23.4 Å². The third-order valence-corrected chi connectivity index (χ3v) is 6.04. The number of rotatable bonds is 7. The number of aromatic nitrogens is 3. The second kappa shape index (κ2) is 11.6. The topological polar surface area (TPSA) is 98.1 Å². The largest absolute Gasteiger partial charge is 0.444 e. The molecule has 3 aromatic rings. The highest BCUT2D eigenvalue weighted by Gasteiger charge is 2.73. The molecule has 42 heavy (non-hydrogen) atoms. The number of carbonyl (C=O) groups is 2. The molecule has 0 unspecified atom stereocenters. The van der Waals surface area contributed by atoms with E-state index in [1.54, 1.807) is 20.8 Å². The van der Waals surface area contributed by atoms with Crippen LogP contribution in [0.4, 0.5) is 41.2 Å². The van der Waals surface area contributed by atoms with Crippen molar-refractivity contribution in [3.05, 3.63) is 70.8 Å². The fourth-order valence-electron chi connectivity index (χ4n) is 4.10. The molecular formula is C27H28F7N5O3. The highest BCUT2D eigenvalue weighted by atomic mass is 19.4. The molecule has 0 atom stereocenters. The molecule has 0 aliphatic heterocycles.